The van der Waals surface area contributed by atoms with Gasteiger partial charge in [-0.05, 0) is 6.07 Å². The molecule has 22 heavy (non-hydrogen) atoms. The minimum absolute atomic E-state index is 0.0260. The molecule has 1 unspecified atom stereocenters. The van der Waals surface area contributed by atoms with Crippen molar-refractivity contribution in [3.8, 4) is 0 Å². The van der Waals surface area contributed by atoms with Crippen LogP contribution in [0.25, 0.3) is 0 Å². The average Bonchev–Trinajstić information content (AvgIpc) is 2.94. The number of amidine groups is 1. The standard InChI is InChI=1S/C14H17ClN4O2S/c1-10-9-16-14(22-10)18-6-4-17(5-7-18)13-3-2-11(19(20)21)8-12(13)15/h2-3,8,10H,4-7,9H2,1H3. The van der Waals surface area contributed by atoms with Crippen LogP contribution in [0, 0.1) is 10.1 Å². The van der Waals surface area contributed by atoms with Gasteiger partial charge in [0.25, 0.3) is 5.69 Å². The monoisotopic (exact) mass is 340 g/mol. The maximum atomic E-state index is 10.8. The van der Waals surface area contributed by atoms with Gasteiger partial charge in [-0.25, -0.2) is 0 Å². The minimum Gasteiger partial charge on any atom is -0.367 e. The molecule has 0 aromatic heterocycles. The molecule has 0 amide bonds. The van der Waals surface area contributed by atoms with Crippen LogP contribution >= 0.6 is 23.4 Å². The van der Waals surface area contributed by atoms with Gasteiger partial charge >= 0.3 is 0 Å². The zero-order valence-electron chi connectivity index (χ0n) is 12.2. The summed E-state index contributed by atoms with van der Waals surface area (Å²) in [7, 11) is 0. The van der Waals surface area contributed by atoms with E-state index in [-0.39, 0.29) is 5.69 Å². The number of nitrogens with zero attached hydrogens (tertiary/aromatic N) is 4. The summed E-state index contributed by atoms with van der Waals surface area (Å²) >= 11 is 8.04. The van der Waals surface area contributed by atoms with Crippen molar-refractivity contribution in [1.82, 2.24) is 4.90 Å². The van der Waals surface area contributed by atoms with Crippen LogP contribution in [0.15, 0.2) is 23.2 Å². The lowest BCUT2D eigenvalue weighted by Crippen LogP contribution is -2.48. The number of nitro benzene ring substituents is 1. The highest BCUT2D eigenvalue weighted by Crippen LogP contribution is 2.31. The summed E-state index contributed by atoms with van der Waals surface area (Å²) in [6.45, 7) is 6.55. The van der Waals surface area contributed by atoms with Gasteiger partial charge in [0, 0.05) is 43.6 Å². The molecule has 2 aliphatic rings. The Bertz CT molecular complexity index is 617. The van der Waals surface area contributed by atoms with Crippen LogP contribution in [0.3, 0.4) is 0 Å². The van der Waals surface area contributed by atoms with E-state index in [0.29, 0.717) is 10.3 Å². The summed E-state index contributed by atoms with van der Waals surface area (Å²) < 4.78 is 0. The first-order valence-corrected chi connectivity index (χ1v) is 8.45. The molecule has 6 nitrogen and oxygen atoms in total. The van der Waals surface area contributed by atoms with Crippen LogP contribution in [-0.4, -0.2) is 53.0 Å². The minimum atomic E-state index is -0.426. The van der Waals surface area contributed by atoms with E-state index < -0.39 is 4.92 Å². The molecule has 1 atom stereocenters. The molecular formula is C14H17ClN4O2S. The van der Waals surface area contributed by atoms with Gasteiger partial charge in [-0.15, -0.1) is 0 Å². The molecule has 2 aliphatic heterocycles. The van der Waals surface area contributed by atoms with E-state index in [0.717, 1.165) is 43.6 Å². The van der Waals surface area contributed by atoms with Crippen molar-refractivity contribution >= 4 is 39.9 Å². The normalized spacial score (nSPS) is 21.9. The number of benzene rings is 1. The van der Waals surface area contributed by atoms with Crippen molar-refractivity contribution in [3.05, 3.63) is 33.3 Å². The summed E-state index contributed by atoms with van der Waals surface area (Å²) in [6.07, 6.45) is 0. The van der Waals surface area contributed by atoms with E-state index in [9.17, 15) is 10.1 Å². The third-order valence-corrected chi connectivity index (χ3v) is 5.28. The number of anilines is 1. The number of piperazine rings is 1. The zero-order chi connectivity index (χ0) is 15.7. The molecule has 2 heterocycles. The van der Waals surface area contributed by atoms with E-state index in [1.165, 1.54) is 12.1 Å². The number of non-ortho nitro benzene ring substituents is 1. The molecule has 1 fully saturated rings. The van der Waals surface area contributed by atoms with E-state index in [4.69, 9.17) is 11.6 Å². The van der Waals surface area contributed by atoms with Crippen molar-refractivity contribution in [3.63, 3.8) is 0 Å². The predicted molar refractivity (Wildman–Crippen MR) is 91.2 cm³/mol. The zero-order valence-corrected chi connectivity index (χ0v) is 13.8. The second-order valence-corrected chi connectivity index (χ2v) is 7.23. The van der Waals surface area contributed by atoms with Crippen LogP contribution in [0.2, 0.25) is 5.02 Å². The van der Waals surface area contributed by atoms with Crippen LogP contribution in [0.5, 0.6) is 0 Å². The third-order valence-electron chi connectivity index (χ3n) is 3.82. The van der Waals surface area contributed by atoms with Gasteiger partial charge in [0.1, 0.15) is 0 Å². The first-order valence-electron chi connectivity index (χ1n) is 7.19. The molecule has 118 valence electrons. The van der Waals surface area contributed by atoms with Crippen LogP contribution < -0.4 is 4.90 Å². The second-order valence-electron chi connectivity index (χ2n) is 5.42. The fourth-order valence-electron chi connectivity index (χ4n) is 2.64. The number of hydrogen-bond acceptors (Lipinski definition) is 6. The van der Waals surface area contributed by atoms with Crippen molar-refractivity contribution in [2.75, 3.05) is 37.6 Å². The predicted octanol–water partition coefficient (Wildman–Crippen LogP) is 2.86. The molecule has 0 spiro atoms. The smallest absolute Gasteiger partial charge is 0.271 e. The van der Waals surface area contributed by atoms with E-state index in [1.54, 1.807) is 6.07 Å². The summed E-state index contributed by atoms with van der Waals surface area (Å²) in [5, 5.41) is 12.9. The Morgan fingerprint density at radius 2 is 2.00 bits per heavy atom. The van der Waals surface area contributed by atoms with E-state index in [1.807, 2.05) is 11.8 Å². The molecular weight excluding hydrogens is 324 g/mol. The fraction of sp³-hybridized carbons (Fsp3) is 0.500. The van der Waals surface area contributed by atoms with Gasteiger partial charge in [0.05, 0.1) is 22.2 Å². The maximum absolute atomic E-state index is 10.8. The number of rotatable bonds is 2. The van der Waals surface area contributed by atoms with Crippen LogP contribution in [0.1, 0.15) is 6.92 Å². The largest absolute Gasteiger partial charge is 0.367 e. The molecule has 3 rings (SSSR count). The summed E-state index contributed by atoms with van der Waals surface area (Å²) in [5.74, 6) is 0. The highest BCUT2D eigenvalue weighted by molar-refractivity contribution is 8.14. The lowest BCUT2D eigenvalue weighted by Gasteiger charge is -2.37. The Morgan fingerprint density at radius 1 is 1.32 bits per heavy atom. The summed E-state index contributed by atoms with van der Waals surface area (Å²) in [5.41, 5.74) is 0.888. The lowest BCUT2D eigenvalue weighted by atomic mass is 10.2. The first kappa shape index (κ1) is 15.4. The Labute approximate surface area is 138 Å². The Kier molecular flexibility index (Phi) is 4.44. The highest BCUT2D eigenvalue weighted by atomic mass is 35.5. The van der Waals surface area contributed by atoms with Crippen LogP contribution in [0.4, 0.5) is 11.4 Å². The van der Waals surface area contributed by atoms with Crippen molar-refractivity contribution in [2.45, 2.75) is 12.2 Å². The molecule has 0 bridgehead atoms. The van der Waals surface area contributed by atoms with Gasteiger partial charge in [0.15, 0.2) is 5.17 Å². The molecule has 8 heteroatoms. The third kappa shape index (κ3) is 3.15. The molecule has 0 saturated carbocycles. The Morgan fingerprint density at radius 3 is 2.55 bits per heavy atom. The SMILES string of the molecule is CC1CN=C(N2CCN(c3ccc([N+](=O)[O-])cc3Cl)CC2)S1. The topological polar surface area (TPSA) is 62.0 Å². The molecule has 0 N–H and O–H groups in total. The number of aliphatic imine (C=N–C) groups is 1. The second kappa shape index (κ2) is 6.34. The molecule has 1 aromatic rings. The van der Waals surface area contributed by atoms with Gasteiger partial charge in [-0.2, -0.15) is 0 Å². The summed E-state index contributed by atoms with van der Waals surface area (Å²) in [6, 6.07) is 4.66. The van der Waals surface area contributed by atoms with Gasteiger partial charge in [0.2, 0.25) is 0 Å². The van der Waals surface area contributed by atoms with E-state index >= 15 is 0 Å². The van der Waals surface area contributed by atoms with Gasteiger partial charge in [-0.3, -0.25) is 15.1 Å². The molecule has 1 saturated heterocycles. The molecule has 0 aliphatic carbocycles. The quantitative estimate of drug-likeness (QED) is 0.612. The van der Waals surface area contributed by atoms with Crippen molar-refractivity contribution in [2.24, 2.45) is 4.99 Å². The Balaban J connectivity index is 1.65. The highest BCUT2D eigenvalue weighted by Gasteiger charge is 2.25. The first-order chi connectivity index (χ1) is 10.5. The van der Waals surface area contributed by atoms with Gasteiger partial charge in [-0.1, -0.05) is 30.3 Å². The van der Waals surface area contributed by atoms with E-state index in [2.05, 4.69) is 21.7 Å². The molecule has 1 aromatic carbocycles. The van der Waals surface area contributed by atoms with Crippen LogP contribution in [-0.2, 0) is 0 Å². The number of hydrogen-bond donors (Lipinski definition) is 0. The molecule has 0 radical (unpaired) electrons. The number of nitro groups is 1. The lowest BCUT2D eigenvalue weighted by molar-refractivity contribution is -0.384. The van der Waals surface area contributed by atoms with Crippen molar-refractivity contribution < 1.29 is 4.92 Å². The number of thioether (sulfide) groups is 1. The Hall–Kier alpha value is -1.47. The summed E-state index contributed by atoms with van der Waals surface area (Å²) in [4.78, 5) is 19.4. The fourth-order valence-corrected chi connectivity index (χ4v) is 3.92. The van der Waals surface area contributed by atoms with Gasteiger partial charge < -0.3 is 9.80 Å². The maximum Gasteiger partial charge on any atom is 0.271 e. The average molecular weight is 341 g/mol. The van der Waals surface area contributed by atoms with Crippen molar-refractivity contribution in [1.29, 1.82) is 0 Å². The number of halogens is 1.